The molecule has 5 heavy (non-hydrogen) atoms. The molecule has 0 aromatic carbocycles. The number of hydrogen-bond donors (Lipinski definition) is 1. The van der Waals surface area contributed by atoms with Crippen LogP contribution in [0.4, 0.5) is 0 Å². The molecule has 30 valence electrons. The summed E-state index contributed by atoms with van der Waals surface area (Å²) in [5, 5.41) is 8.03. The van der Waals surface area contributed by atoms with Crippen molar-refractivity contribution in [2.45, 2.75) is 6.90 Å². The third kappa shape index (κ3) is 3.70. The maximum atomic E-state index is 8.03. The third-order valence-electron chi connectivity index (χ3n) is 0.272. The van der Waals surface area contributed by atoms with Crippen LogP contribution in [0.1, 0.15) is 8.27 Å². The minimum absolute atomic E-state index is 0.0544. The normalized spacial score (nSPS) is 12.6. The smallest absolute Gasteiger partial charge is 0.0612 e. The first kappa shape index (κ1) is 2.91. The lowest BCUT2D eigenvalue weighted by atomic mass is 10.6. The van der Waals surface area contributed by atoms with Gasteiger partial charge in [0.15, 0.2) is 0 Å². The number of aliphatic hydroxyl groups is 1. The van der Waals surface area contributed by atoms with E-state index in [9.17, 15) is 0 Å². The van der Waals surface area contributed by atoms with E-state index in [2.05, 4.69) is 0 Å². The maximum Gasteiger partial charge on any atom is 0.0612 e. The molecule has 0 amide bonds. The van der Waals surface area contributed by atoms with Crippen LogP contribution in [0.15, 0.2) is 12.2 Å². The van der Waals surface area contributed by atoms with E-state index in [0.717, 1.165) is 0 Å². The van der Waals surface area contributed by atoms with Gasteiger partial charge in [-0.1, -0.05) is 12.2 Å². The summed E-state index contributed by atoms with van der Waals surface area (Å²) in [6, 6.07) is 0. The van der Waals surface area contributed by atoms with Crippen molar-refractivity contribution in [3.8, 4) is 0 Å². The van der Waals surface area contributed by atoms with Gasteiger partial charge in [0.1, 0.15) is 0 Å². The van der Waals surface area contributed by atoms with E-state index >= 15 is 0 Å². The van der Waals surface area contributed by atoms with E-state index in [1.54, 1.807) is 12.2 Å². The average Bonchev–Trinajstić information content (AvgIpc) is 1.61. The third-order valence-corrected chi connectivity index (χ3v) is 0.272. The predicted molar refractivity (Wildman–Crippen MR) is 21.9 cm³/mol. The SMILES string of the molecule is [2H]CC=CCO. The zero-order valence-corrected chi connectivity index (χ0v) is 3.02. The van der Waals surface area contributed by atoms with Crippen LogP contribution < -0.4 is 0 Å². The second-order valence-electron chi connectivity index (χ2n) is 0.654. The van der Waals surface area contributed by atoms with Gasteiger partial charge in [-0.2, -0.15) is 0 Å². The van der Waals surface area contributed by atoms with Crippen LogP contribution in [-0.2, 0) is 0 Å². The molecule has 0 aromatic rings. The zero-order chi connectivity index (χ0) is 4.83. The minimum atomic E-state index is 0.0544. The van der Waals surface area contributed by atoms with Crippen molar-refractivity contribution in [1.82, 2.24) is 0 Å². The van der Waals surface area contributed by atoms with Gasteiger partial charge < -0.3 is 5.11 Å². The average molecular weight is 73.1 g/mol. The Kier molecular flexibility index (Phi) is 2.16. The van der Waals surface area contributed by atoms with E-state index in [1.807, 2.05) is 0 Å². The number of aliphatic hydroxyl groups excluding tert-OH is 1. The Labute approximate surface area is 33.3 Å². The molecule has 0 heterocycles. The zero-order valence-electron chi connectivity index (χ0n) is 4.02. The molecule has 0 saturated carbocycles. The fourth-order valence-corrected chi connectivity index (χ4v) is 0.0745. The molecule has 0 aliphatic heterocycles. The van der Waals surface area contributed by atoms with Gasteiger partial charge >= 0.3 is 0 Å². The molecule has 0 unspecified atom stereocenters. The first-order valence-corrected chi connectivity index (χ1v) is 1.47. The van der Waals surface area contributed by atoms with Crippen LogP contribution in [0.2, 0.25) is 0 Å². The van der Waals surface area contributed by atoms with E-state index in [1.165, 1.54) is 0 Å². The van der Waals surface area contributed by atoms with Crippen molar-refractivity contribution in [1.29, 1.82) is 0 Å². The lowest BCUT2D eigenvalue weighted by molar-refractivity contribution is 0.342. The molecule has 0 aliphatic carbocycles. The first-order chi connectivity index (χ1) is 2.91. The standard InChI is InChI=1S/C4H8O/c1-2-3-4-5/h2-3,5H,4H2,1H3/i1D. The number of hydrogen-bond acceptors (Lipinski definition) is 1. The molecule has 0 spiro atoms. The maximum absolute atomic E-state index is 8.03. The van der Waals surface area contributed by atoms with E-state index < -0.39 is 0 Å². The number of allylic oxidation sites excluding steroid dienone is 1. The largest absolute Gasteiger partial charge is 0.392 e. The quantitative estimate of drug-likeness (QED) is 0.449. The Balaban J connectivity index is 2.73. The van der Waals surface area contributed by atoms with Crippen LogP contribution in [0, 0.1) is 0 Å². The van der Waals surface area contributed by atoms with Crippen molar-refractivity contribution in [3.63, 3.8) is 0 Å². The molecule has 1 N–H and O–H groups in total. The van der Waals surface area contributed by atoms with Gasteiger partial charge in [-0.15, -0.1) is 0 Å². The van der Waals surface area contributed by atoms with Gasteiger partial charge in [0.05, 0.1) is 6.61 Å². The van der Waals surface area contributed by atoms with Gasteiger partial charge in [0.2, 0.25) is 0 Å². The summed E-state index contributed by atoms with van der Waals surface area (Å²) >= 11 is 0. The van der Waals surface area contributed by atoms with Crippen LogP contribution in [0.3, 0.4) is 0 Å². The molecule has 0 aromatic heterocycles. The van der Waals surface area contributed by atoms with Gasteiger partial charge in [-0.3, -0.25) is 0 Å². The second-order valence-corrected chi connectivity index (χ2v) is 0.654. The van der Waals surface area contributed by atoms with Crippen molar-refractivity contribution in [2.75, 3.05) is 6.61 Å². The van der Waals surface area contributed by atoms with E-state index in [-0.39, 0.29) is 13.5 Å². The topological polar surface area (TPSA) is 20.2 Å². The fourth-order valence-electron chi connectivity index (χ4n) is 0.0745. The summed E-state index contributed by atoms with van der Waals surface area (Å²) < 4.78 is 6.51. The monoisotopic (exact) mass is 73.1 g/mol. The molecule has 0 saturated heterocycles. The van der Waals surface area contributed by atoms with E-state index in [4.69, 9.17) is 6.48 Å². The molecular formula is C4H8O. The predicted octanol–water partition coefficient (Wildman–Crippen LogP) is 0.555. The summed E-state index contributed by atoms with van der Waals surface area (Å²) in [5.74, 6) is 0. The van der Waals surface area contributed by atoms with Crippen LogP contribution in [0.25, 0.3) is 0 Å². The Morgan fingerprint density at radius 3 is 3.20 bits per heavy atom. The van der Waals surface area contributed by atoms with Crippen LogP contribution >= 0.6 is 0 Å². The summed E-state index contributed by atoms with van der Waals surface area (Å²) in [6.07, 6.45) is 3.15. The Bertz CT molecular complexity index is 36.8. The summed E-state index contributed by atoms with van der Waals surface area (Å²) in [5.41, 5.74) is 0. The van der Waals surface area contributed by atoms with Gasteiger partial charge in [0.25, 0.3) is 0 Å². The highest BCUT2D eigenvalue weighted by Crippen LogP contribution is 1.60. The van der Waals surface area contributed by atoms with Crippen molar-refractivity contribution >= 4 is 0 Å². The molecule has 1 nitrogen and oxygen atoms in total. The Morgan fingerprint density at radius 2 is 3.00 bits per heavy atom. The first-order valence-electron chi connectivity index (χ1n) is 2.17. The van der Waals surface area contributed by atoms with Crippen molar-refractivity contribution < 1.29 is 6.48 Å². The molecule has 0 aliphatic rings. The van der Waals surface area contributed by atoms with Crippen molar-refractivity contribution in [3.05, 3.63) is 12.2 Å². The Hall–Kier alpha value is -0.300. The van der Waals surface area contributed by atoms with Gasteiger partial charge in [0, 0.05) is 1.37 Å². The van der Waals surface area contributed by atoms with Gasteiger partial charge in [-0.05, 0) is 6.90 Å². The van der Waals surface area contributed by atoms with E-state index in [0.29, 0.717) is 0 Å². The lowest BCUT2D eigenvalue weighted by Crippen LogP contribution is -1.65. The van der Waals surface area contributed by atoms with Crippen LogP contribution in [0.5, 0.6) is 0 Å². The molecule has 0 rings (SSSR count). The highest BCUT2D eigenvalue weighted by atomic mass is 16.2. The Morgan fingerprint density at radius 1 is 2.20 bits per heavy atom. The molecular weight excluding hydrogens is 64.0 g/mol. The number of rotatable bonds is 1. The molecule has 0 fully saturated rings. The van der Waals surface area contributed by atoms with Gasteiger partial charge in [-0.25, -0.2) is 0 Å². The fraction of sp³-hybridized carbons (Fsp3) is 0.500. The van der Waals surface area contributed by atoms with Crippen molar-refractivity contribution in [2.24, 2.45) is 0 Å². The lowest BCUT2D eigenvalue weighted by Gasteiger charge is -1.66. The summed E-state index contributed by atoms with van der Waals surface area (Å²) in [4.78, 5) is 0. The van der Waals surface area contributed by atoms with Crippen LogP contribution in [-0.4, -0.2) is 11.7 Å². The molecule has 1 heteroatoms. The molecule has 0 radical (unpaired) electrons. The summed E-state index contributed by atoms with van der Waals surface area (Å²) in [7, 11) is 0. The second kappa shape index (κ2) is 3.70. The molecule has 0 bridgehead atoms. The minimum Gasteiger partial charge on any atom is -0.392 e. The molecule has 0 atom stereocenters. The highest BCUT2D eigenvalue weighted by molar-refractivity contribution is 4.74. The summed E-state index contributed by atoms with van der Waals surface area (Å²) in [6.45, 7) is 0.319. The highest BCUT2D eigenvalue weighted by Gasteiger charge is 1.52.